The van der Waals surface area contributed by atoms with Crippen LogP contribution >= 0.6 is 0 Å². The third-order valence-corrected chi connectivity index (χ3v) is 4.62. The normalized spacial score (nSPS) is 17.5. The summed E-state index contributed by atoms with van der Waals surface area (Å²) in [4.78, 5) is 36.4. The number of rotatable bonds is 6. The standard InChI is InChI=1S/C22H24N2O4/c1-4-28-22(27)15-5-7-16(8-6-15)23-20(25)18-12-19(18)21(26)24-17-10-13(2)9-14(3)11-17/h5-11,18-19H,4,12H2,1-3H3,(H,23,25)(H,24,26). The molecule has 1 aliphatic rings. The van der Waals surface area contributed by atoms with E-state index in [-0.39, 0.29) is 23.7 Å². The molecule has 6 nitrogen and oxygen atoms in total. The van der Waals surface area contributed by atoms with Crippen molar-refractivity contribution in [3.63, 3.8) is 0 Å². The summed E-state index contributed by atoms with van der Waals surface area (Å²) in [5.41, 5.74) is 3.91. The van der Waals surface area contributed by atoms with E-state index in [1.54, 1.807) is 31.2 Å². The molecule has 0 bridgehead atoms. The molecule has 1 saturated carbocycles. The Bertz CT molecular complexity index is 885. The lowest BCUT2D eigenvalue weighted by molar-refractivity contribution is -0.122. The first-order valence-electron chi connectivity index (χ1n) is 9.34. The maximum atomic E-state index is 12.4. The van der Waals surface area contributed by atoms with Gasteiger partial charge in [0, 0.05) is 11.4 Å². The van der Waals surface area contributed by atoms with Crippen molar-refractivity contribution in [2.45, 2.75) is 27.2 Å². The van der Waals surface area contributed by atoms with E-state index in [0.717, 1.165) is 16.8 Å². The number of amides is 2. The minimum Gasteiger partial charge on any atom is -0.462 e. The molecule has 0 saturated heterocycles. The Morgan fingerprint density at radius 2 is 1.43 bits per heavy atom. The van der Waals surface area contributed by atoms with E-state index in [4.69, 9.17) is 4.74 Å². The summed E-state index contributed by atoms with van der Waals surface area (Å²) in [5.74, 6) is -1.38. The van der Waals surface area contributed by atoms with Gasteiger partial charge in [-0.15, -0.1) is 0 Å². The summed E-state index contributed by atoms with van der Waals surface area (Å²) < 4.78 is 4.93. The molecule has 0 aromatic heterocycles. The van der Waals surface area contributed by atoms with Gasteiger partial charge in [-0.25, -0.2) is 4.79 Å². The second-order valence-corrected chi connectivity index (χ2v) is 7.10. The van der Waals surface area contributed by atoms with Gasteiger partial charge in [0.15, 0.2) is 0 Å². The van der Waals surface area contributed by atoms with Crippen molar-refractivity contribution in [2.75, 3.05) is 17.2 Å². The van der Waals surface area contributed by atoms with Crippen LogP contribution < -0.4 is 10.6 Å². The van der Waals surface area contributed by atoms with Crippen LogP contribution in [0.3, 0.4) is 0 Å². The van der Waals surface area contributed by atoms with Crippen LogP contribution in [0.5, 0.6) is 0 Å². The molecule has 1 aliphatic carbocycles. The molecule has 6 heteroatoms. The molecule has 0 spiro atoms. The van der Waals surface area contributed by atoms with Gasteiger partial charge in [-0.3, -0.25) is 9.59 Å². The van der Waals surface area contributed by atoms with E-state index in [1.165, 1.54) is 0 Å². The number of anilines is 2. The van der Waals surface area contributed by atoms with Crippen molar-refractivity contribution < 1.29 is 19.1 Å². The second-order valence-electron chi connectivity index (χ2n) is 7.10. The van der Waals surface area contributed by atoms with Crippen LogP contribution in [0.2, 0.25) is 0 Å². The highest BCUT2D eigenvalue weighted by atomic mass is 16.5. The molecule has 3 rings (SSSR count). The molecule has 146 valence electrons. The molecule has 2 N–H and O–H groups in total. The molecule has 0 aliphatic heterocycles. The number of nitrogens with one attached hydrogen (secondary N) is 2. The highest BCUT2D eigenvalue weighted by Crippen LogP contribution is 2.40. The van der Waals surface area contributed by atoms with Crippen molar-refractivity contribution in [1.82, 2.24) is 0 Å². The van der Waals surface area contributed by atoms with Crippen molar-refractivity contribution in [3.8, 4) is 0 Å². The van der Waals surface area contributed by atoms with E-state index in [9.17, 15) is 14.4 Å². The molecule has 2 aromatic rings. The lowest BCUT2D eigenvalue weighted by Crippen LogP contribution is -2.20. The van der Waals surface area contributed by atoms with E-state index >= 15 is 0 Å². The van der Waals surface area contributed by atoms with Crippen LogP contribution in [-0.4, -0.2) is 24.4 Å². The number of ether oxygens (including phenoxy) is 1. The van der Waals surface area contributed by atoms with Crippen molar-refractivity contribution in [1.29, 1.82) is 0 Å². The van der Waals surface area contributed by atoms with Gasteiger partial charge < -0.3 is 15.4 Å². The van der Waals surface area contributed by atoms with Crippen LogP contribution in [0.25, 0.3) is 0 Å². The average Bonchev–Trinajstić information content (AvgIpc) is 3.42. The summed E-state index contributed by atoms with van der Waals surface area (Å²) in [6, 6.07) is 12.4. The van der Waals surface area contributed by atoms with Crippen LogP contribution in [0.4, 0.5) is 11.4 Å². The Hall–Kier alpha value is -3.15. The fraction of sp³-hybridized carbons (Fsp3) is 0.318. The van der Waals surface area contributed by atoms with Gasteiger partial charge in [-0.1, -0.05) is 6.07 Å². The minimum absolute atomic E-state index is 0.136. The zero-order valence-electron chi connectivity index (χ0n) is 16.2. The lowest BCUT2D eigenvalue weighted by atomic mass is 10.1. The van der Waals surface area contributed by atoms with E-state index < -0.39 is 5.97 Å². The predicted molar refractivity (Wildman–Crippen MR) is 107 cm³/mol. The average molecular weight is 380 g/mol. The van der Waals surface area contributed by atoms with Gasteiger partial charge in [-0.05, 0) is 74.7 Å². The Morgan fingerprint density at radius 1 is 0.893 bits per heavy atom. The summed E-state index contributed by atoms with van der Waals surface area (Å²) >= 11 is 0. The number of hydrogen-bond donors (Lipinski definition) is 2. The maximum Gasteiger partial charge on any atom is 0.338 e. The highest BCUT2D eigenvalue weighted by Gasteiger charge is 2.48. The predicted octanol–water partition coefficient (Wildman–Crippen LogP) is 3.69. The number of carbonyl (C=O) groups excluding carboxylic acids is 3. The van der Waals surface area contributed by atoms with E-state index in [0.29, 0.717) is 24.3 Å². The maximum absolute atomic E-state index is 12.4. The lowest BCUT2D eigenvalue weighted by Gasteiger charge is -2.08. The Kier molecular flexibility index (Phi) is 5.78. The summed E-state index contributed by atoms with van der Waals surface area (Å²) in [6.07, 6.45) is 0.531. The molecular formula is C22H24N2O4. The van der Waals surface area contributed by atoms with E-state index in [1.807, 2.05) is 32.0 Å². The number of hydrogen-bond acceptors (Lipinski definition) is 4. The molecule has 2 atom stereocenters. The van der Waals surface area contributed by atoms with Gasteiger partial charge >= 0.3 is 5.97 Å². The van der Waals surface area contributed by atoms with Gasteiger partial charge in [0.2, 0.25) is 11.8 Å². The van der Waals surface area contributed by atoms with Gasteiger partial charge in [0.05, 0.1) is 24.0 Å². The number of esters is 1. The van der Waals surface area contributed by atoms with Gasteiger partial charge in [-0.2, -0.15) is 0 Å². The molecule has 0 heterocycles. The van der Waals surface area contributed by atoms with Gasteiger partial charge in [0.1, 0.15) is 0 Å². The quantitative estimate of drug-likeness (QED) is 0.749. The molecular weight excluding hydrogens is 356 g/mol. The summed E-state index contributed by atoms with van der Waals surface area (Å²) in [6.45, 7) is 6.01. The molecule has 2 unspecified atom stereocenters. The number of benzene rings is 2. The first-order chi connectivity index (χ1) is 13.4. The SMILES string of the molecule is CCOC(=O)c1ccc(NC(=O)C2CC2C(=O)Nc2cc(C)cc(C)c2)cc1. The molecule has 28 heavy (non-hydrogen) atoms. The van der Waals surface area contributed by atoms with Crippen LogP contribution in [0.1, 0.15) is 34.8 Å². The van der Waals surface area contributed by atoms with Crippen molar-refractivity contribution in [3.05, 3.63) is 59.2 Å². The molecule has 1 fully saturated rings. The van der Waals surface area contributed by atoms with Crippen LogP contribution in [0, 0.1) is 25.7 Å². The Balaban J connectivity index is 1.54. The molecule has 2 amide bonds. The number of aryl methyl sites for hydroxylation is 2. The molecule has 0 radical (unpaired) electrons. The largest absolute Gasteiger partial charge is 0.462 e. The third-order valence-electron chi connectivity index (χ3n) is 4.62. The fourth-order valence-corrected chi connectivity index (χ4v) is 3.20. The first kappa shape index (κ1) is 19.6. The van der Waals surface area contributed by atoms with E-state index in [2.05, 4.69) is 10.6 Å². The van der Waals surface area contributed by atoms with Gasteiger partial charge in [0.25, 0.3) is 0 Å². The van der Waals surface area contributed by atoms with Crippen LogP contribution in [0.15, 0.2) is 42.5 Å². The zero-order chi connectivity index (χ0) is 20.3. The second kappa shape index (κ2) is 8.25. The smallest absolute Gasteiger partial charge is 0.338 e. The summed E-state index contributed by atoms with van der Waals surface area (Å²) in [5, 5.41) is 5.69. The van der Waals surface area contributed by atoms with Crippen molar-refractivity contribution >= 4 is 29.2 Å². The zero-order valence-corrected chi connectivity index (χ0v) is 16.2. The van der Waals surface area contributed by atoms with Crippen molar-refractivity contribution in [2.24, 2.45) is 11.8 Å². The Morgan fingerprint density at radius 3 is 1.96 bits per heavy atom. The first-order valence-corrected chi connectivity index (χ1v) is 9.34. The number of carbonyl (C=O) groups is 3. The molecule has 2 aromatic carbocycles. The monoisotopic (exact) mass is 380 g/mol. The highest BCUT2D eigenvalue weighted by molar-refractivity contribution is 6.03. The summed E-state index contributed by atoms with van der Waals surface area (Å²) in [7, 11) is 0. The Labute approximate surface area is 164 Å². The minimum atomic E-state index is -0.398. The topological polar surface area (TPSA) is 84.5 Å². The van der Waals surface area contributed by atoms with Crippen LogP contribution in [-0.2, 0) is 14.3 Å². The third kappa shape index (κ3) is 4.76. The fourth-order valence-electron chi connectivity index (χ4n) is 3.20.